The molecule has 0 heterocycles. The molecule has 25 heteroatoms. The second kappa shape index (κ2) is 84.1. The minimum absolute atomic E-state index is 0. The Labute approximate surface area is 272 Å². The minimum atomic E-state index is -1.00. The van der Waals surface area contributed by atoms with Crippen molar-refractivity contribution in [3.05, 3.63) is 10.4 Å². The van der Waals surface area contributed by atoms with Gasteiger partial charge in [-0.3, -0.25) is 9.70 Å². The molecule has 0 unspecified atom stereocenters. The first kappa shape index (κ1) is 59.6. The molecule has 13 radical (unpaired) electrons. The Morgan fingerprint density at radius 1 is 1.06 bits per heavy atom. The molecular weight excluding hydrogens is 1160 g/mol. The van der Waals surface area contributed by atoms with Crippen LogP contribution < -0.4 is 37.4 Å². The smallest absolute Gasteiger partial charge is 0.278 e. The van der Waals surface area contributed by atoms with Crippen molar-refractivity contribution in [1.29, 1.82) is 0 Å². The van der Waals surface area contributed by atoms with Crippen molar-refractivity contribution in [2.75, 3.05) is 0 Å². The second-order valence-electron chi connectivity index (χ2n) is 2.39. The topological polar surface area (TPSA) is 180 Å². The Bertz CT molecular complexity index is 512. The van der Waals surface area contributed by atoms with Crippen LogP contribution in [-0.2, 0) is 32.9 Å². The average molecular weight is 1160 g/mol. The van der Waals surface area contributed by atoms with Crippen LogP contribution in [-0.4, -0.2) is 76.3 Å². The van der Waals surface area contributed by atoms with Gasteiger partial charge in [0.2, 0.25) is 20.0 Å². The van der Waals surface area contributed by atoms with Crippen molar-refractivity contribution in [3.8, 4) is 0 Å². The molecule has 0 saturated carbocycles. The maximum atomic E-state index is 9.58. The number of nitrogens with zero attached hydrogens (tertiary/aromatic N) is 5. The Kier molecular flexibility index (Phi) is 157. The zero-order valence-corrected chi connectivity index (χ0v) is 31.2. The summed E-state index contributed by atoms with van der Waals surface area (Å²) in [4.78, 5) is 44.3. The summed E-state index contributed by atoms with van der Waals surface area (Å²) in [6.45, 7) is 2.65. The molecule has 0 aromatic rings. The number of nitrogens with two attached hydrogens (primary N) is 1. The Balaban J connectivity index is -0.0000000274. The van der Waals surface area contributed by atoms with Gasteiger partial charge in [-0.05, 0) is 29.8 Å². The van der Waals surface area contributed by atoms with Crippen LogP contribution in [0.3, 0.4) is 0 Å². The number of hydrogen-bond donors (Lipinski definition) is 2. The van der Waals surface area contributed by atoms with Crippen LogP contribution in [0.15, 0.2) is 14.9 Å². The molecule has 169 valence electrons. The number of thiocarbonyl (C=S) groups is 1. The molecule has 0 aliphatic rings. The molecule has 0 rings (SSSR count). The van der Waals surface area contributed by atoms with Gasteiger partial charge in [-0.15, -0.1) is 0 Å². The van der Waals surface area contributed by atoms with E-state index in [2.05, 4.69) is 160 Å². The Morgan fingerprint density at radius 3 is 1.25 bits per heavy atom. The number of azide groups is 1. The van der Waals surface area contributed by atoms with Crippen LogP contribution in [0.5, 0.6) is 0 Å². The summed E-state index contributed by atoms with van der Waals surface area (Å²) in [6.07, 6.45) is 1.08. The predicted molar refractivity (Wildman–Crippen MR) is 157 cm³/mol. The molecule has 0 aromatic heterocycles. The molecule has 0 aromatic carbocycles. The normalized spacial score (nSPS) is 5.47. The SMILES string of the molecule is I[I-]I.I[I-]I.[B]C(=O)N=[N+]=[N-].[B]C(C)=O.[B]N.[B]N=C=O.[B]N=C=S.[B]NC(C)=O.[V]. The Morgan fingerprint density at radius 2 is 1.25 bits per heavy atom. The molecule has 0 fully saturated rings. The fourth-order valence-electron chi connectivity index (χ4n) is 0.0441. The molecule has 2 amide bonds. The zero-order chi connectivity index (χ0) is 27.1. The van der Waals surface area contributed by atoms with E-state index in [0.717, 1.165) is 6.08 Å². The van der Waals surface area contributed by atoms with E-state index < -0.39 is 5.81 Å². The van der Waals surface area contributed by atoms with Gasteiger partial charge in [0.1, 0.15) is 0 Å². The molecular formula is C7H9B6I6N7O4SV-2. The minimum Gasteiger partial charge on any atom is -0.409 e. The second-order valence-corrected chi connectivity index (χ2v) is 35.1. The summed E-state index contributed by atoms with van der Waals surface area (Å²) in [5.41, 5.74) is 11.1. The summed E-state index contributed by atoms with van der Waals surface area (Å²) in [7, 11) is 26.1. The van der Waals surface area contributed by atoms with Crippen molar-refractivity contribution in [2.45, 2.75) is 13.8 Å². The van der Waals surface area contributed by atoms with E-state index in [1.54, 1.807) is 0 Å². The first-order valence-corrected chi connectivity index (χ1v) is 31.2. The predicted octanol–water partition coefficient (Wildman–Crippen LogP) is -4.35. The van der Waals surface area contributed by atoms with E-state index in [1.165, 1.54) is 13.8 Å². The van der Waals surface area contributed by atoms with E-state index in [-0.39, 0.29) is 30.1 Å². The van der Waals surface area contributed by atoms with Crippen LogP contribution >= 0.6 is 86.7 Å². The molecule has 0 atom stereocenters. The average Bonchev–Trinajstić information content (AvgIpc) is 2.71. The number of rotatable bonds is 0. The van der Waals surface area contributed by atoms with Crippen LogP contribution in [0.4, 0.5) is 4.79 Å². The van der Waals surface area contributed by atoms with Gasteiger partial charge in [-0.1, -0.05) is 0 Å². The van der Waals surface area contributed by atoms with E-state index in [0.29, 0.717) is 26.5 Å². The van der Waals surface area contributed by atoms with Crippen molar-refractivity contribution in [2.24, 2.45) is 20.6 Å². The number of isocyanates is 1. The van der Waals surface area contributed by atoms with Crippen molar-refractivity contribution in [1.82, 2.24) is 5.23 Å². The number of amides is 2. The van der Waals surface area contributed by atoms with Gasteiger partial charge in [0.15, 0.2) is 29.5 Å². The number of nitrogens with one attached hydrogen (secondary N) is 1. The monoisotopic (exact) mass is 1170 g/mol. The third kappa shape index (κ3) is 353. The zero-order valence-electron chi connectivity index (χ0n) is 16.0. The molecule has 0 aliphatic heterocycles. The molecule has 0 aliphatic carbocycles. The van der Waals surface area contributed by atoms with Gasteiger partial charge >= 0.3 is 101 Å². The first-order valence-electron chi connectivity index (χ1n) is 5.63. The maximum Gasteiger partial charge on any atom is 0.278 e. The number of isothiocyanates is 1. The fourth-order valence-corrected chi connectivity index (χ4v) is 0.0441. The summed E-state index contributed by atoms with van der Waals surface area (Å²) in [6, 6.07) is 0. The number of hydrogen-bond acceptors (Lipinski definition) is 8. The maximum absolute atomic E-state index is 9.58. The molecule has 11 nitrogen and oxygen atoms in total. The standard InChI is InChI=1S/C2H4BNO.C2H3BO.CBN3O.CBNO.CBNS.BH2N.2I3.V/c1-2(5)4-3;1-2(3)4;2-1(6)4-5-3;2*2-3-1-4;1-2;2*1-3-2;/h1H3,(H,4,5);1H3;;;;2H2;;;/q;;;;;;2*-1;. The first-order chi connectivity index (χ1) is 14.4. The van der Waals surface area contributed by atoms with Crippen LogP contribution in [0.2, 0.25) is 0 Å². The van der Waals surface area contributed by atoms with Crippen molar-refractivity contribution < 1.29 is 64.2 Å². The van der Waals surface area contributed by atoms with E-state index in [9.17, 15) is 14.4 Å². The fraction of sp³-hybridized carbons (Fsp3) is 0.286. The van der Waals surface area contributed by atoms with Gasteiger partial charge < -0.3 is 25.4 Å². The summed E-state index contributed by atoms with van der Waals surface area (Å²) in [5.74, 6) is -1.22. The van der Waals surface area contributed by atoms with Gasteiger partial charge in [-0.25, -0.2) is 4.79 Å². The number of halogens is 6. The van der Waals surface area contributed by atoms with Gasteiger partial charge in [0, 0.05) is 35.6 Å². The van der Waals surface area contributed by atoms with Gasteiger partial charge in [0.05, 0.1) is 5.68 Å². The van der Waals surface area contributed by atoms with E-state index >= 15 is 0 Å². The molecule has 0 saturated heterocycles. The Hall–Kier alpha value is 2.61. The third-order valence-corrected chi connectivity index (χ3v) is 0.557. The summed E-state index contributed by atoms with van der Waals surface area (Å²) >= 11 is 14.6. The van der Waals surface area contributed by atoms with Gasteiger partial charge in [-0.2, -0.15) is 0 Å². The number of carbonyl (C=O) groups is 3. The van der Waals surface area contributed by atoms with E-state index in [1.807, 2.05) is 10.4 Å². The van der Waals surface area contributed by atoms with E-state index in [4.69, 9.17) is 10.3 Å². The molecule has 0 spiro atoms. The number of carbonyl (C=O) groups excluding carboxylic acids is 4. The quantitative estimate of drug-likeness (QED) is 0.0362. The largest absolute Gasteiger partial charge is 0.409 e. The van der Waals surface area contributed by atoms with Crippen LogP contribution in [0.25, 0.3) is 10.4 Å². The van der Waals surface area contributed by atoms with Crippen LogP contribution in [0.1, 0.15) is 13.8 Å². The van der Waals surface area contributed by atoms with Crippen molar-refractivity contribution in [3.63, 3.8) is 0 Å². The molecule has 3 N–H and O–H groups in total. The summed E-state index contributed by atoms with van der Waals surface area (Å²) in [5, 5.41) is 6.25. The van der Waals surface area contributed by atoms with Gasteiger partial charge in [0.25, 0.3) is 16.0 Å². The third-order valence-electron chi connectivity index (χ3n) is 0.452. The molecule has 0 bridgehead atoms. The summed E-state index contributed by atoms with van der Waals surface area (Å²) < 4.78 is 0. The van der Waals surface area contributed by atoms with Crippen molar-refractivity contribution >= 4 is 163 Å². The molecule has 32 heavy (non-hydrogen) atoms. The van der Waals surface area contributed by atoms with Crippen LogP contribution in [0, 0.1) is 0 Å².